The van der Waals surface area contributed by atoms with Gasteiger partial charge in [0.25, 0.3) is 0 Å². The van der Waals surface area contributed by atoms with Crippen molar-refractivity contribution in [2.24, 2.45) is 11.8 Å². The van der Waals surface area contributed by atoms with E-state index in [0.717, 1.165) is 29.9 Å². The first kappa shape index (κ1) is 15.9. The molecule has 20 heavy (non-hydrogen) atoms. The van der Waals surface area contributed by atoms with Crippen molar-refractivity contribution in [3.8, 4) is 0 Å². The van der Waals surface area contributed by atoms with E-state index in [1.807, 2.05) is 6.07 Å². The molecule has 0 aliphatic heterocycles. The minimum atomic E-state index is 0.764. The average molecular weight is 294 g/mol. The van der Waals surface area contributed by atoms with Gasteiger partial charge < -0.3 is 5.32 Å². The van der Waals surface area contributed by atoms with Gasteiger partial charge in [-0.15, -0.1) is 0 Å². The van der Waals surface area contributed by atoms with Crippen LogP contribution in [0, 0.1) is 11.8 Å². The highest BCUT2D eigenvalue weighted by Gasteiger charge is 2.23. The van der Waals surface area contributed by atoms with Gasteiger partial charge in [-0.2, -0.15) is 0 Å². The van der Waals surface area contributed by atoms with E-state index in [2.05, 4.69) is 30.4 Å². The Bertz CT molecular complexity index is 385. The SMILES string of the molecule is CCCNCC(Cc1cccc(Cl)c1)C1CCCCC1. The maximum atomic E-state index is 6.13. The third-order valence-electron chi connectivity index (χ3n) is 4.54. The maximum absolute atomic E-state index is 6.13. The number of hydrogen-bond acceptors (Lipinski definition) is 1. The molecule has 1 atom stereocenters. The van der Waals surface area contributed by atoms with Gasteiger partial charge in [0.1, 0.15) is 0 Å². The van der Waals surface area contributed by atoms with Gasteiger partial charge in [0, 0.05) is 5.02 Å². The van der Waals surface area contributed by atoms with Crippen molar-refractivity contribution in [2.75, 3.05) is 13.1 Å². The molecule has 1 fully saturated rings. The molecule has 1 aromatic rings. The molecule has 1 aliphatic carbocycles. The molecule has 0 heterocycles. The first-order valence-electron chi connectivity index (χ1n) is 8.24. The van der Waals surface area contributed by atoms with Crippen LogP contribution < -0.4 is 5.32 Å². The highest BCUT2D eigenvalue weighted by Crippen LogP contribution is 2.32. The van der Waals surface area contributed by atoms with Gasteiger partial charge in [-0.25, -0.2) is 0 Å². The van der Waals surface area contributed by atoms with Crippen molar-refractivity contribution in [3.63, 3.8) is 0 Å². The molecule has 1 unspecified atom stereocenters. The highest BCUT2D eigenvalue weighted by atomic mass is 35.5. The van der Waals surface area contributed by atoms with E-state index in [9.17, 15) is 0 Å². The highest BCUT2D eigenvalue weighted by molar-refractivity contribution is 6.30. The van der Waals surface area contributed by atoms with Crippen LogP contribution in [0.1, 0.15) is 51.0 Å². The van der Waals surface area contributed by atoms with E-state index in [4.69, 9.17) is 11.6 Å². The van der Waals surface area contributed by atoms with Crippen molar-refractivity contribution in [3.05, 3.63) is 34.9 Å². The van der Waals surface area contributed by atoms with Crippen molar-refractivity contribution in [1.82, 2.24) is 5.32 Å². The van der Waals surface area contributed by atoms with Crippen LogP contribution in [0.4, 0.5) is 0 Å². The lowest BCUT2D eigenvalue weighted by atomic mass is 9.77. The molecule has 112 valence electrons. The van der Waals surface area contributed by atoms with Crippen LogP contribution in [0.3, 0.4) is 0 Å². The summed E-state index contributed by atoms with van der Waals surface area (Å²) in [6, 6.07) is 8.41. The third-order valence-corrected chi connectivity index (χ3v) is 4.77. The number of halogens is 1. The van der Waals surface area contributed by atoms with Crippen molar-refractivity contribution in [2.45, 2.75) is 51.9 Å². The second-order valence-electron chi connectivity index (χ2n) is 6.20. The average Bonchev–Trinajstić information content (AvgIpc) is 2.47. The van der Waals surface area contributed by atoms with Crippen LogP contribution in [0.15, 0.2) is 24.3 Å². The fourth-order valence-electron chi connectivity index (χ4n) is 3.44. The number of nitrogens with one attached hydrogen (secondary N) is 1. The Labute approximate surface area is 129 Å². The molecular formula is C18H28ClN. The van der Waals surface area contributed by atoms with Crippen molar-refractivity contribution in [1.29, 1.82) is 0 Å². The summed E-state index contributed by atoms with van der Waals surface area (Å²) in [4.78, 5) is 0. The fourth-order valence-corrected chi connectivity index (χ4v) is 3.65. The smallest absolute Gasteiger partial charge is 0.0408 e. The molecular weight excluding hydrogens is 266 g/mol. The van der Waals surface area contributed by atoms with Crippen LogP contribution in [-0.4, -0.2) is 13.1 Å². The normalized spacial score (nSPS) is 18.1. The van der Waals surface area contributed by atoms with Gasteiger partial charge in [-0.1, -0.05) is 62.8 Å². The van der Waals surface area contributed by atoms with E-state index < -0.39 is 0 Å². The summed E-state index contributed by atoms with van der Waals surface area (Å²) in [7, 11) is 0. The molecule has 1 aromatic carbocycles. The molecule has 2 rings (SSSR count). The Kier molecular flexibility index (Phi) is 6.89. The second-order valence-corrected chi connectivity index (χ2v) is 6.63. The predicted molar refractivity (Wildman–Crippen MR) is 88.4 cm³/mol. The first-order chi connectivity index (χ1) is 9.79. The number of hydrogen-bond donors (Lipinski definition) is 1. The molecule has 1 N–H and O–H groups in total. The predicted octanol–water partition coefficient (Wildman–Crippen LogP) is 5.08. The van der Waals surface area contributed by atoms with E-state index in [1.54, 1.807) is 0 Å². The molecule has 0 spiro atoms. The van der Waals surface area contributed by atoms with E-state index in [-0.39, 0.29) is 0 Å². The number of rotatable bonds is 7. The lowest BCUT2D eigenvalue weighted by Gasteiger charge is -2.31. The Morgan fingerprint density at radius 2 is 2.05 bits per heavy atom. The Balaban J connectivity index is 1.97. The quantitative estimate of drug-likeness (QED) is 0.691. The van der Waals surface area contributed by atoms with Crippen LogP contribution in [-0.2, 0) is 6.42 Å². The van der Waals surface area contributed by atoms with Crippen LogP contribution in [0.5, 0.6) is 0 Å². The van der Waals surface area contributed by atoms with Gasteiger partial charge in [0.2, 0.25) is 0 Å². The summed E-state index contributed by atoms with van der Waals surface area (Å²) in [5, 5.41) is 4.50. The molecule has 1 aliphatic rings. The number of benzene rings is 1. The van der Waals surface area contributed by atoms with Crippen molar-refractivity contribution < 1.29 is 0 Å². The molecule has 1 saturated carbocycles. The second kappa shape index (κ2) is 8.69. The molecule has 1 nitrogen and oxygen atoms in total. The summed E-state index contributed by atoms with van der Waals surface area (Å²) < 4.78 is 0. The van der Waals surface area contributed by atoms with E-state index in [0.29, 0.717) is 0 Å². The molecule has 0 bridgehead atoms. The zero-order valence-corrected chi connectivity index (χ0v) is 13.5. The van der Waals surface area contributed by atoms with Crippen molar-refractivity contribution >= 4 is 11.6 Å². The van der Waals surface area contributed by atoms with Gasteiger partial charge in [-0.3, -0.25) is 0 Å². The first-order valence-corrected chi connectivity index (χ1v) is 8.62. The minimum absolute atomic E-state index is 0.764. The maximum Gasteiger partial charge on any atom is 0.0408 e. The molecule has 0 aromatic heterocycles. The lowest BCUT2D eigenvalue weighted by molar-refractivity contribution is 0.240. The summed E-state index contributed by atoms with van der Waals surface area (Å²) in [5.74, 6) is 1.66. The molecule has 2 heteroatoms. The summed E-state index contributed by atoms with van der Waals surface area (Å²) >= 11 is 6.13. The minimum Gasteiger partial charge on any atom is -0.316 e. The standard InChI is InChI=1S/C18H28ClN/c1-2-11-20-14-17(16-8-4-3-5-9-16)12-15-7-6-10-18(19)13-15/h6-7,10,13,16-17,20H,2-5,8-9,11-12,14H2,1H3. The van der Waals surface area contributed by atoms with Gasteiger partial charge >= 0.3 is 0 Å². The molecule has 0 radical (unpaired) electrons. The monoisotopic (exact) mass is 293 g/mol. The molecule has 0 amide bonds. The Hall–Kier alpha value is -0.530. The van der Waals surface area contributed by atoms with Gasteiger partial charge in [0.15, 0.2) is 0 Å². The summed E-state index contributed by atoms with van der Waals surface area (Å²) in [5.41, 5.74) is 1.39. The van der Waals surface area contributed by atoms with Crippen LogP contribution >= 0.6 is 11.6 Å². The lowest BCUT2D eigenvalue weighted by Crippen LogP contribution is -2.31. The fraction of sp³-hybridized carbons (Fsp3) is 0.667. The summed E-state index contributed by atoms with van der Waals surface area (Å²) in [6.07, 6.45) is 9.49. The van der Waals surface area contributed by atoms with Gasteiger partial charge in [-0.05, 0) is 55.5 Å². The zero-order valence-electron chi connectivity index (χ0n) is 12.7. The topological polar surface area (TPSA) is 12.0 Å². The Morgan fingerprint density at radius 1 is 1.25 bits per heavy atom. The van der Waals surface area contributed by atoms with Gasteiger partial charge in [0.05, 0.1) is 0 Å². The summed E-state index contributed by atoms with van der Waals surface area (Å²) in [6.45, 7) is 4.53. The van der Waals surface area contributed by atoms with Crippen LogP contribution in [0.2, 0.25) is 5.02 Å². The van der Waals surface area contributed by atoms with E-state index in [1.165, 1.54) is 50.5 Å². The third kappa shape index (κ3) is 5.10. The van der Waals surface area contributed by atoms with E-state index >= 15 is 0 Å². The largest absolute Gasteiger partial charge is 0.316 e. The molecule has 0 saturated heterocycles. The van der Waals surface area contributed by atoms with Crippen LogP contribution in [0.25, 0.3) is 0 Å². The Morgan fingerprint density at radius 3 is 2.75 bits per heavy atom. The zero-order chi connectivity index (χ0) is 14.2.